The van der Waals surface area contributed by atoms with Crippen molar-refractivity contribution in [1.29, 1.82) is 0 Å². The van der Waals surface area contributed by atoms with E-state index in [1.807, 2.05) is 0 Å². The summed E-state index contributed by atoms with van der Waals surface area (Å²) in [5.74, 6) is -0.256. The second-order valence-electron chi connectivity index (χ2n) is 4.22. The number of morpholine rings is 1. The van der Waals surface area contributed by atoms with Gasteiger partial charge in [-0.2, -0.15) is 0 Å². The second kappa shape index (κ2) is 6.88. The molecule has 0 spiro atoms. The minimum Gasteiger partial charge on any atom is -0.394 e. The molecule has 1 aromatic rings. The summed E-state index contributed by atoms with van der Waals surface area (Å²) in [6, 6.07) is 6.09. The van der Waals surface area contributed by atoms with Crippen molar-refractivity contribution >= 4 is 17.7 Å². The molecule has 1 atom stereocenters. The number of aliphatic hydroxyl groups excluding tert-OH is 1. The van der Waals surface area contributed by atoms with Crippen molar-refractivity contribution < 1.29 is 19.0 Å². The van der Waals surface area contributed by atoms with Gasteiger partial charge in [0.15, 0.2) is 0 Å². The highest BCUT2D eigenvalue weighted by atomic mass is 32.2. The fourth-order valence-corrected chi connectivity index (χ4v) is 2.74. The molecule has 4 nitrogen and oxygen atoms in total. The zero-order valence-electron chi connectivity index (χ0n) is 10.4. The Morgan fingerprint density at radius 1 is 1.53 bits per heavy atom. The largest absolute Gasteiger partial charge is 0.394 e. The topological polar surface area (TPSA) is 49.8 Å². The van der Waals surface area contributed by atoms with Crippen LogP contribution in [-0.2, 0) is 9.53 Å². The van der Waals surface area contributed by atoms with Gasteiger partial charge in [-0.1, -0.05) is 12.1 Å². The van der Waals surface area contributed by atoms with E-state index in [0.29, 0.717) is 24.7 Å². The zero-order valence-corrected chi connectivity index (χ0v) is 11.2. The van der Waals surface area contributed by atoms with Crippen LogP contribution in [0.1, 0.15) is 0 Å². The van der Waals surface area contributed by atoms with Crippen molar-refractivity contribution in [3.05, 3.63) is 30.1 Å². The van der Waals surface area contributed by atoms with Crippen LogP contribution in [0, 0.1) is 5.82 Å². The molecule has 1 N–H and O–H groups in total. The van der Waals surface area contributed by atoms with Crippen molar-refractivity contribution in [2.75, 3.05) is 32.1 Å². The van der Waals surface area contributed by atoms with Crippen molar-refractivity contribution in [1.82, 2.24) is 4.90 Å². The lowest BCUT2D eigenvalue weighted by molar-refractivity contribution is -0.138. The molecule has 0 bridgehead atoms. The molecule has 1 aliphatic rings. The van der Waals surface area contributed by atoms with Gasteiger partial charge >= 0.3 is 0 Å². The number of thioether (sulfide) groups is 1. The predicted molar refractivity (Wildman–Crippen MR) is 70.5 cm³/mol. The average molecular weight is 285 g/mol. The summed E-state index contributed by atoms with van der Waals surface area (Å²) >= 11 is 1.17. The summed E-state index contributed by atoms with van der Waals surface area (Å²) in [6.45, 7) is 1.19. The Morgan fingerprint density at radius 3 is 3.05 bits per heavy atom. The number of halogens is 1. The smallest absolute Gasteiger partial charge is 0.233 e. The lowest BCUT2D eigenvalue weighted by Crippen LogP contribution is -2.51. The molecular weight excluding hydrogens is 269 g/mol. The number of benzene rings is 1. The average Bonchev–Trinajstić information content (AvgIpc) is 2.46. The molecule has 19 heavy (non-hydrogen) atoms. The van der Waals surface area contributed by atoms with Gasteiger partial charge < -0.3 is 14.7 Å². The first-order valence-corrected chi connectivity index (χ1v) is 7.06. The molecule has 1 aliphatic heterocycles. The first kappa shape index (κ1) is 14.3. The Labute approximate surface area is 115 Å². The highest BCUT2D eigenvalue weighted by Crippen LogP contribution is 2.22. The number of rotatable bonds is 4. The Kier molecular flexibility index (Phi) is 5.18. The van der Waals surface area contributed by atoms with E-state index >= 15 is 0 Å². The van der Waals surface area contributed by atoms with E-state index in [1.165, 1.54) is 17.8 Å². The quantitative estimate of drug-likeness (QED) is 0.843. The van der Waals surface area contributed by atoms with Gasteiger partial charge in [-0.05, 0) is 12.1 Å². The van der Waals surface area contributed by atoms with Crippen molar-refractivity contribution in [2.45, 2.75) is 10.9 Å². The first-order valence-electron chi connectivity index (χ1n) is 6.07. The van der Waals surface area contributed by atoms with Crippen LogP contribution in [0.15, 0.2) is 29.2 Å². The van der Waals surface area contributed by atoms with Gasteiger partial charge in [-0.15, -0.1) is 11.8 Å². The summed E-state index contributed by atoms with van der Waals surface area (Å²) in [6.07, 6.45) is 0. The molecule has 1 fully saturated rings. The standard InChI is InChI=1S/C13H16FNO3S/c14-11-3-1-2-4-12(11)19-9-13(17)15-5-6-18-8-10(15)7-16/h1-4,10,16H,5-9H2. The maximum atomic E-state index is 13.4. The highest BCUT2D eigenvalue weighted by Gasteiger charge is 2.26. The summed E-state index contributed by atoms with van der Waals surface area (Å²) < 4.78 is 18.6. The van der Waals surface area contributed by atoms with E-state index in [0.717, 1.165) is 0 Å². The van der Waals surface area contributed by atoms with E-state index in [4.69, 9.17) is 4.74 Å². The van der Waals surface area contributed by atoms with Gasteiger partial charge in [-0.25, -0.2) is 4.39 Å². The monoisotopic (exact) mass is 285 g/mol. The van der Waals surface area contributed by atoms with Crippen LogP contribution in [-0.4, -0.2) is 54.1 Å². The van der Waals surface area contributed by atoms with E-state index < -0.39 is 0 Å². The molecule has 0 radical (unpaired) electrons. The molecule has 1 saturated heterocycles. The third kappa shape index (κ3) is 3.68. The van der Waals surface area contributed by atoms with Crippen LogP contribution in [0.5, 0.6) is 0 Å². The van der Waals surface area contributed by atoms with Gasteiger partial charge in [0.2, 0.25) is 5.91 Å². The Hall–Kier alpha value is -1.11. The highest BCUT2D eigenvalue weighted by molar-refractivity contribution is 8.00. The van der Waals surface area contributed by atoms with Crippen molar-refractivity contribution in [3.8, 4) is 0 Å². The molecule has 1 amide bonds. The van der Waals surface area contributed by atoms with E-state index in [1.54, 1.807) is 23.1 Å². The summed E-state index contributed by atoms with van der Waals surface area (Å²) in [7, 11) is 0. The van der Waals surface area contributed by atoms with Crippen LogP contribution < -0.4 is 0 Å². The zero-order chi connectivity index (χ0) is 13.7. The molecule has 1 unspecified atom stereocenters. The van der Waals surface area contributed by atoms with Gasteiger partial charge in [0, 0.05) is 11.4 Å². The molecule has 0 aromatic heterocycles. The van der Waals surface area contributed by atoms with E-state index in [2.05, 4.69) is 0 Å². The molecule has 6 heteroatoms. The molecule has 1 heterocycles. The van der Waals surface area contributed by atoms with Crippen LogP contribution >= 0.6 is 11.8 Å². The normalized spacial score (nSPS) is 19.5. The van der Waals surface area contributed by atoms with E-state index in [-0.39, 0.29) is 30.1 Å². The summed E-state index contributed by atoms with van der Waals surface area (Å²) in [5, 5.41) is 9.20. The van der Waals surface area contributed by atoms with E-state index in [9.17, 15) is 14.3 Å². The summed E-state index contributed by atoms with van der Waals surface area (Å²) in [5.41, 5.74) is 0. The summed E-state index contributed by atoms with van der Waals surface area (Å²) in [4.78, 5) is 14.1. The number of nitrogens with zero attached hydrogens (tertiary/aromatic N) is 1. The number of hydrogen-bond acceptors (Lipinski definition) is 4. The first-order chi connectivity index (χ1) is 9.22. The Bertz CT molecular complexity index is 444. The van der Waals surface area contributed by atoms with Gasteiger partial charge in [-0.3, -0.25) is 4.79 Å². The van der Waals surface area contributed by atoms with Crippen LogP contribution in [0.25, 0.3) is 0 Å². The van der Waals surface area contributed by atoms with Crippen LogP contribution in [0.2, 0.25) is 0 Å². The number of hydrogen-bond donors (Lipinski definition) is 1. The Morgan fingerprint density at radius 2 is 2.32 bits per heavy atom. The fourth-order valence-electron chi connectivity index (χ4n) is 1.92. The van der Waals surface area contributed by atoms with Gasteiger partial charge in [0.1, 0.15) is 5.82 Å². The third-order valence-electron chi connectivity index (χ3n) is 2.95. The SMILES string of the molecule is O=C(CSc1ccccc1F)N1CCOCC1CO. The number of carbonyl (C=O) groups is 1. The number of carbonyl (C=O) groups excluding carboxylic acids is 1. The number of amides is 1. The van der Waals surface area contributed by atoms with Gasteiger partial charge in [0.25, 0.3) is 0 Å². The lowest BCUT2D eigenvalue weighted by atomic mass is 10.2. The number of aliphatic hydroxyl groups is 1. The molecule has 0 saturated carbocycles. The molecule has 1 aromatic carbocycles. The molecule has 104 valence electrons. The minimum atomic E-state index is -0.319. The lowest BCUT2D eigenvalue weighted by Gasteiger charge is -2.34. The second-order valence-corrected chi connectivity index (χ2v) is 5.23. The predicted octanol–water partition coefficient (Wildman–Crippen LogP) is 1.14. The van der Waals surface area contributed by atoms with Crippen LogP contribution in [0.3, 0.4) is 0 Å². The minimum absolute atomic E-state index is 0.101. The fraction of sp³-hybridized carbons (Fsp3) is 0.462. The maximum Gasteiger partial charge on any atom is 0.233 e. The third-order valence-corrected chi connectivity index (χ3v) is 3.98. The van der Waals surface area contributed by atoms with Crippen molar-refractivity contribution in [3.63, 3.8) is 0 Å². The maximum absolute atomic E-state index is 13.4. The van der Waals surface area contributed by atoms with Gasteiger partial charge in [0.05, 0.1) is 31.6 Å². The number of ether oxygens (including phenoxy) is 1. The molecule has 0 aliphatic carbocycles. The molecule has 2 rings (SSSR count). The van der Waals surface area contributed by atoms with Crippen LogP contribution in [0.4, 0.5) is 4.39 Å². The molecular formula is C13H16FNO3S. The van der Waals surface area contributed by atoms with Crippen molar-refractivity contribution in [2.24, 2.45) is 0 Å². The Balaban J connectivity index is 1.92.